The summed E-state index contributed by atoms with van der Waals surface area (Å²) in [5, 5.41) is 7.14. The maximum Gasteiger partial charge on any atom is 0.341 e. The van der Waals surface area contributed by atoms with Crippen LogP contribution in [0, 0.1) is 0 Å². The highest BCUT2D eigenvalue weighted by atomic mass is 35.5. The number of carbonyl (C=O) groups is 4. The molecule has 3 N–H and O–H groups in total. The lowest BCUT2D eigenvalue weighted by molar-refractivity contribution is -0.140. The summed E-state index contributed by atoms with van der Waals surface area (Å²) in [4.78, 5) is 49.7. The van der Waals surface area contributed by atoms with Crippen LogP contribution in [0.3, 0.4) is 0 Å². The van der Waals surface area contributed by atoms with Crippen LogP contribution in [0.2, 0.25) is 25.4 Å². The Hall–Kier alpha value is -3.84. The highest BCUT2D eigenvalue weighted by molar-refractivity contribution is 7.54. The van der Waals surface area contributed by atoms with E-state index < -0.39 is 19.5 Å². The zero-order chi connectivity index (χ0) is 41.4. The lowest BCUT2D eigenvalue weighted by Crippen LogP contribution is -2.12. The third kappa shape index (κ3) is 14.0. The number of H-pyrrole nitrogens is 2. The Morgan fingerprint density at radius 2 is 1.25 bits per heavy atom. The number of aldehydes is 1. The lowest BCUT2D eigenvalue weighted by atomic mass is 10.1. The summed E-state index contributed by atoms with van der Waals surface area (Å²) in [7, 11) is -3.28. The second kappa shape index (κ2) is 22.8. The number of benzene rings is 3. The molecule has 1 aliphatic rings. The van der Waals surface area contributed by atoms with Crippen molar-refractivity contribution in [3.8, 4) is 0 Å². The molecule has 0 radical (unpaired) electrons. The zero-order valence-corrected chi connectivity index (χ0v) is 35.4. The maximum atomic E-state index is 11.8. The Morgan fingerprint density at radius 3 is 1.79 bits per heavy atom. The van der Waals surface area contributed by atoms with Crippen LogP contribution in [0.25, 0.3) is 27.9 Å². The molecule has 0 fully saturated rings. The minimum atomic E-state index is -3.28. The van der Waals surface area contributed by atoms with Gasteiger partial charge in [0.2, 0.25) is 5.91 Å². The monoisotopic (exact) mass is 887 g/mol. The van der Waals surface area contributed by atoms with Gasteiger partial charge in [-0.1, -0.05) is 76.2 Å². The van der Waals surface area contributed by atoms with Crippen molar-refractivity contribution in [3.05, 3.63) is 103 Å². The molecule has 3 heterocycles. The van der Waals surface area contributed by atoms with E-state index in [2.05, 4.69) is 20.0 Å². The smallest absolute Gasteiger partial charge is 0.341 e. The molecule has 56 heavy (non-hydrogen) atoms. The maximum absolute atomic E-state index is 11.8. The van der Waals surface area contributed by atoms with Crippen LogP contribution in [0.5, 0.6) is 0 Å². The summed E-state index contributed by atoms with van der Waals surface area (Å²) in [6, 6.07) is 16.1. The summed E-state index contributed by atoms with van der Waals surface area (Å²) in [5.74, 6) is -0.906. The number of halogens is 5. The quantitative estimate of drug-likeness (QED) is 0.0506. The molecule has 0 aliphatic carbocycles. The van der Waals surface area contributed by atoms with E-state index in [4.69, 9.17) is 71.8 Å². The predicted octanol–water partition coefficient (Wildman–Crippen LogP) is 11.0. The molecule has 5 aromatic rings. The number of carbonyl (C=O) groups excluding carboxylic acids is 4. The molecule has 6 rings (SSSR count). The molecule has 12 nitrogen and oxygen atoms in total. The molecule has 3 aromatic carbocycles. The molecule has 0 atom stereocenters. The molecule has 1 amide bonds. The number of fused-ring (bicyclic) bond motifs is 3. The van der Waals surface area contributed by atoms with E-state index in [1.165, 1.54) is 6.08 Å². The van der Waals surface area contributed by atoms with Gasteiger partial charge < -0.3 is 33.8 Å². The Kier molecular flexibility index (Phi) is 18.9. The highest BCUT2D eigenvalue weighted by Crippen LogP contribution is 2.47. The molecule has 1 aliphatic heterocycles. The Morgan fingerprint density at radius 1 is 0.732 bits per heavy atom. The number of aromatic nitrogens is 2. The predicted molar refractivity (Wildman–Crippen MR) is 224 cm³/mol. The molecule has 0 spiro atoms. The third-order valence-electron chi connectivity index (χ3n) is 7.27. The minimum absolute atomic E-state index is 0.0438. The second-order valence-electron chi connectivity index (χ2n) is 11.2. The lowest BCUT2D eigenvalue weighted by Gasteiger charge is -2.15. The van der Waals surface area contributed by atoms with Crippen molar-refractivity contribution in [2.45, 2.75) is 34.1 Å². The summed E-state index contributed by atoms with van der Waals surface area (Å²) >= 11 is 29.3. The van der Waals surface area contributed by atoms with Crippen molar-refractivity contribution in [1.29, 1.82) is 0 Å². The van der Waals surface area contributed by atoms with Crippen molar-refractivity contribution in [2.75, 3.05) is 37.9 Å². The molecule has 0 bridgehead atoms. The largest absolute Gasteiger partial charge is 0.466 e. The van der Waals surface area contributed by atoms with Crippen LogP contribution in [-0.2, 0) is 43.9 Å². The number of aromatic amines is 2. The van der Waals surface area contributed by atoms with Crippen molar-refractivity contribution in [1.82, 2.24) is 9.97 Å². The Labute approximate surface area is 348 Å². The van der Waals surface area contributed by atoms with Gasteiger partial charge in [0.15, 0.2) is 6.29 Å². The first-order valence-corrected chi connectivity index (χ1v) is 20.6. The average Bonchev–Trinajstić information content (AvgIpc) is 3.77. The molecular formula is C38H39Cl5N3O9P. The number of esters is 2. The zero-order valence-electron chi connectivity index (χ0n) is 30.7. The van der Waals surface area contributed by atoms with Gasteiger partial charge in [-0.2, -0.15) is 0 Å². The molecule has 2 aromatic heterocycles. The SMILES string of the molecule is CCOC(=O)/C=C/c1c(Cl)[nH]c2cc(Cl)ccc12.CCOC(=O)CP(=O)(OCC)OCC.O=C1Cc2ccc(Cl)cc2N1.O=Cc1c(Cl)[nH]c2cc(Cl)ccc12. The normalized spacial score (nSPS) is 11.8. The van der Waals surface area contributed by atoms with Gasteiger partial charge in [-0.3, -0.25) is 18.9 Å². The molecule has 300 valence electrons. The van der Waals surface area contributed by atoms with E-state index in [1.807, 2.05) is 12.1 Å². The summed E-state index contributed by atoms with van der Waals surface area (Å²) < 4.78 is 31.1. The molecular weight excluding hydrogens is 851 g/mol. The number of anilines is 1. The first-order chi connectivity index (χ1) is 26.7. The fourth-order valence-electron chi connectivity index (χ4n) is 5.01. The molecule has 18 heteroatoms. The van der Waals surface area contributed by atoms with E-state index in [-0.39, 0.29) is 31.9 Å². The number of amides is 1. The van der Waals surface area contributed by atoms with Crippen LogP contribution < -0.4 is 5.32 Å². The fourth-order valence-corrected chi connectivity index (χ4v) is 7.49. The van der Waals surface area contributed by atoms with Gasteiger partial charge in [-0.25, -0.2) is 4.79 Å². The van der Waals surface area contributed by atoms with Crippen LogP contribution in [0.4, 0.5) is 5.69 Å². The van der Waals surface area contributed by atoms with Crippen molar-refractivity contribution in [2.24, 2.45) is 0 Å². The van der Waals surface area contributed by atoms with E-state index in [0.29, 0.717) is 44.0 Å². The van der Waals surface area contributed by atoms with Gasteiger partial charge in [-0.05, 0) is 75.7 Å². The summed E-state index contributed by atoms with van der Waals surface area (Å²) in [6.45, 7) is 7.93. The van der Waals surface area contributed by atoms with Gasteiger partial charge in [0.25, 0.3) is 0 Å². The van der Waals surface area contributed by atoms with Crippen LogP contribution in [0.15, 0.2) is 60.7 Å². The van der Waals surface area contributed by atoms with Crippen molar-refractivity contribution >= 4 is 123 Å². The number of nitrogens with one attached hydrogen (secondary N) is 3. The van der Waals surface area contributed by atoms with E-state index in [9.17, 15) is 23.7 Å². The van der Waals surface area contributed by atoms with Gasteiger partial charge in [0.1, 0.15) is 16.5 Å². The Bertz CT molecular complexity index is 2230. The van der Waals surface area contributed by atoms with E-state index >= 15 is 0 Å². The molecule has 0 saturated heterocycles. The minimum Gasteiger partial charge on any atom is -0.466 e. The number of ether oxygens (including phenoxy) is 2. The van der Waals surface area contributed by atoms with Crippen LogP contribution in [0.1, 0.15) is 49.2 Å². The van der Waals surface area contributed by atoms with Gasteiger partial charge in [0, 0.05) is 54.2 Å². The van der Waals surface area contributed by atoms with Crippen molar-refractivity contribution in [3.63, 3.8) is 0 Å². The highest BCUT2D eigenvalue weighted by Gasteiger charge is 2.28. The van der Waals surface area contributed by atoms with Crippen LogP contribution in [-0.4, -0.2) is 66.7 Å². The van der Waals surface area contributed by atoms with Gasteiger partial charge in [-0.15, -0.1) is 0 Å². The van der Waals surface area contributed by atoms with Gasteiger partial charge in [0.05, 0.1) is 38.4 Å². The van der Waals surface area contributed by atoms with Gasteiger partial charge >= 0.3 is 19.5 Å². The second-order valence-corrected chi connectivity index (χ2v) is 15.3. The average molecular weight is 890 g/mol. The molecule has 0 unspecified atom stereocenters. The fraction of sp³-hybridized carbons (Fsp3) is 0.263. The number of rotatable bonds is 11. The number of hydrogen-bond donors (Lipinski definition) is 3. The first kappa shape index (κ1) is 46.5. The van der Waals surface area contributed by atoms with Crippen LogP contribution >= 0.6 is 65.6 Å². The summed E-state index contributed by atoms with van der Waals surface area (Å²) in [5.41, 5.74) is 4.71. The van der Waals surface area contributed by atoms with E-state index in [0.717, 1.165) is 44.9 Å². The first-order valence-electron chi connectivity index (χ1n) is 17.0. The number of hydrogen-bond acceptors (Lipinski definition) is 9. The topological polar surface area (TPSA) is 166 Å². The third-order valence-corrected chi connectivity index (χ3v) is 10.5. The standard InChI is InChI=1S/C13H11Cl2NO2.C9H5Cl2NO.C8H6ClNO.C8H17O5P/c1-2-18-12(17)6-5-10-9-4-3-8(14)7-11(9)16-13(10)15;10-5-1-2-6-7(4-13)9(11)12-8(6)3-5;9-6-2-1-5-3-8(11)10-7(5)4-6;1-4-11-8(9)7-14(10,12-5-2)13-6-3/h3-7,16H,2H2,1H3;1-4,12H;1-2,4H,3H2,(H,10,11);4-7H2,1-3H3/b6-5+;;;. The molecule has 0 saturated carbocycles. The summed E-state index contributed by atoms with van der Waals surface area (Å²) in [6.07, 6.45) is 3.88. The van der Waals surface area contributed by atoms with E-state index in [1.54, 1.807) is 76.2 Å². The van der Waals surface area contributed by atoms with Crippen molar-refractivity contribution < 1.29 is 42.3 Å². The Balaban J connectivity index is 0.000000203.